The van der Waals surface area contributed by atoms with E-state index >= 15 is 0 Å². The molecule has 1 aromatic carbocycles. The average Bonchev–Trinajstić information content (AvgIpc) is 2.18. The van der Waals surface area contributed by atoms with E-state index < -0.39 is 6.09 Å². The molecule has 1 aromatic rings. The molecule has 2 N–H and O–H groups in total. The first-order chi connectivity index (χ1) is 6.72. The molecule has 1 amide bonds. The van der Waals surface area contributed by atoms with Crippen LogP contribution in [0.25, 0.3) is 0 Å². The Labute approximate surface area is 81.0 Å². The maximum atomic E-state index is 10.9. The van der Waals surface area contributed by atoms with E-state index in [-0.39, 0.29) is 5.75 Å². The third-order valence-electron chi connectivity index (χ3n) is 1.33. The molecule has 5 nitrogen and oxygen atoms in total. The van der Waals surface area contributed by atoms with Crippen molar-refractivity contribution in [2.24, 2.45) is 5.10 Å². The van der Waals surface area contributed by atoms with Crippen LogP contribution in [0.2, 0.25) is 0 Å². The monoisotopic (exact) mass is 194 g/mol. The number of hydrazone groups is 1. The summed E-state index contributed by atoms with van der Waals surface area (Å²) >= 11 is 0. The third-order valence-corrected chi connectivity index (χ3v) is 1.33. The van der Waals surface area contributed by atoms with Crippen molar-refractivity contribution in [2.45, 2.75) is 6.92 Å². The van der Waals surface area contributed by atoms with E-state index in [1.165, 1.54) is 30.5 Å². The topological polar surface area (TPSA) is 70.9 Å². The second-order valence-electron chi connectivity index (χ2n) is 2.38. The van der Waals surface area contributed by atoms with Crippen LogP contribution in [0.15, 0.2) is 29.4 Å². The number of ether oxygens (including phenoxy) is 1. The SMILES string of the molecule is C/C=N/NC(=O)Oc1ccc(O)cc1. The number of phenolic OH excluding ortho intramolecular Hbond substituents is 1. The van der Waals surface area contributed by atoms with Gasteiger partial charge in [0.1, 0.15) is 11.5 Å². The lowest BCUT2D eigenvalue weighted by Crippen LogP contribution is -2.21. The van der Waals surface area contributed by atoms with E-state index in [1.54, 1.807) is 6.92 Å². The van der Waals surface area contributed by atoms with Crippen molar-refractivity contribution in [1.29, 1.82) is 0 Å². The zero-order chi connectivity index (χ0) is 10.4. The normalized spacial score (nSPS) is 10.1. The van der Waals surface area contributed by atoms with Gasteiger partial charge in [0, 0.05) is 6.21 Å². The Bertz CT molecular complexity index is 332. The van der Waals surface area contributed by atoms with Crippen LogP contribution in [0, 0.1) is 0 Å². The summed E-state index contributed by atoms with van der Waals surface area (Å²) in [6.45, 7) is 1.67. The quantitative estimate of drug-likeness (QED) is 0.553. The van der Waals surface area contributed by atoms with Crippen LogP contribution in [0.1, 0.15) is 6.92 Å². The van der Waals surface area contributed by atoms with E-state index in [4.69, 9.17) is 9.84 Å². The standard InChI is InChI=1S/C9H10N2O3/c1-2-10-11-9(13)14-8-5-3-7(12)4-6-8/h2-6,12H,1H3,(H,11,13)/b10-2+. The van der Waals surface area contributed by atoms with Crippen LogP contribution < -0.4 is 10.2 Å². The summed E-state index contributed by atoms with van der Waals surface area (Å²) in [5, 5.41) is 12.4. The first-order valence-corrected chi connectivity index (χ1v) is 3.97. The summed E-state index contributed by atoms with van der Waals surface area (Å²) in [6, 6.07) is 5.80. The van der Waals surface area contributed by atoms with Crippen LogP contribution in [0.3, 0.4) is 0 Å². The van der Waals surface area contributed by atoms with Gasteiger partial charge >= 0.3 is 6.09 Å². The first kappa shape index (κ1) is 10.0. The maximum absolute atomic E-state index is 10.9. The summed E-state index contributed by atoms with van der Waals surface area (Å²) in [6.07, 6.45) is 0.756. The summed E-state index contributed by atoms with van der Waals surface area (Å²) in [4.78, 5) is 10.9. The highest BCUT2D eigenvalue weighted by molar-refractivity contribution is 5.71. The highest BCUT2D eigenvalue weighted by Crippen LogP contribution is 2.15. The third kappa shape index (κ3) is 3.14. The molecule has 74 valence electrons. The largest absolute Gasteiger partial charge is 0.508 e. The van der Waals surface area contributed by atoms with Gasteiger partial charge in [-0.1, -0.05) is 0 Å². The number of hydrogen-bond acceptors (Lipinski definition) is 4. The van der Waals surface area contributed by atoms with Gasteiger partial charge in [-0.15, -0.1) is 0 Å². The van der Waals surface area contributed by atoms with Crippen molar-refractivity contribution in [1.82, 2.24) is 5.43 Å². The summed E-state index contributed by atoms with van der Waals surface area (Å²) in [7, 11) is 0. The fourth-order valence-electron chi connectivity index (χ4n) is 0.761. The van der Waals surface area contributed by atoms with Crippen molar-refractivity contribution in [3.05, 3.63) is 24.3 Å². The van der Waals surface area contributed by atoms with Gasteiger partial charge in [-0.3, -0.25) is 0 Å². The van der Waals surface area contributed by atoms with Crippen LogP contribution in [-0.4, -0.2) is 17.4 Å². The van der Waals surface area contributed by atoms with Crippen LogP contribution >= 0.6 is 0 Å². The molecule has 0 heterocycles. The molecule has 0 bridgehead atoms. The Morgan fingerprint density at radius 1 is 1.50 bits per heavy atom. The molecule has 0 aliphatic carbocycles. The number of amides is 1. The van der Waals surface area contributed by atoms with E-state index in [0.29, 0.717) is 5.75 Å². The number of benzene rings is 1. The van der Waals surface area contributed by atoms with Crippen molar-refractivity contribution >= 4 is 12.3 Å². The second-order valence-corrected chi connectivity index (χ2v) is 2.38. The minimum Gasteiger partial charge on any atom is -0.508 e. The van der Waals surface area contributed by atoms with E-state index in [1.807, 2.05) is 0 Å². The van der Waals surface area contributed by atoms with E-state index in [2.05, 4.69) is 10.5 Å². The Hall–Kier alpha value is -2.04. The van der Waals surface area contributed by atoms with Crippen LogP contribution in [-0.2, 0) is 0 Å². The average molecular weight is 194 g/mol. The molecular formula is C9H10N2O3. The number of rotatable bonds is 2. The number of carbonyl (C=O) groups is 1. The fourth-order valence-corrected chi connectivity index (χ4v) is 0.761. The molecule has 5 heteroatoms. The highest BCUT2D eigenvalue weighted by Gasteiger charge is 2.01. The zero-order valence-electron chi connectivity index (χ0n) is 7.60. The number of nitrogens with zero attached hydrogens (tertiary/aromatic N) is 1. The molecule has 0 unspecified atom stereocenters. The highest BCUT2D eigenvalue weighted by atomic mass is 16.6. The minimum absolute atomic E-state index is 0.115. The predicted molar refractivity (Wildman–Crippen MR) is 51.4 cm³/mol. The van der Waals surface area contributed by atoms with Gasteiger partial charge in [0.2, 0.25) is 0 Å². The lowest BCUT2D eigenvalue weighted by molar-refractivity contribution is 0.201. The number of nitrogens with one attached hydrogen (secondary N) is 1. The zero-order valence-corrected chi connectivity index (χ0v) is 7.60. The van der Waals surface area contributed by atoms with Gasteiger partial charge in [0.15, 0.2) is 0 Å². The summed E-state index contributed by atoms with van der Waals surface area (Å²) < 4.78 is 4.80. The molecule has 0 radical (unpaired) electrons. The summed E-state index contributed by atoms with van der Waals surface area (Å²) in [5.41, 5.74) is 2.14. The van der Waals surface area contributed by atoms with Crippen molar-refractivity contribution in [2.75, 3.05) is 0 Å². The first-order valence-electron chi connectivity index (χ1n) is 3.97. The Kier molecular flexibility index (Phi) is 3.49. The molecular weight excluding hydrogens is 184 g/mol. The van der Waals surface area contributed by atoms with E-state index in [9.17, 15) is 4.79 Å². The van der Waals surface area contributed by atoms with Crippen molar-refractivity contribution in [3.63, 3.8) is 0 Å². The number of carbonyl (C=O) groups excluding carboxylic acids is 1. The molecule has 0 fully saturated rings. The molecule has 14 heavy (non-hydrogen) atoms. The van der Waals surface area contributed by atoms with Crippen molar-refractivity contribution < 1.29 is 14.6 Å². The van der Waals surface area contributed by atoms with Gasteiger partial charge in [-0.2, -0.15) is 5.10 Å². The van der Waals surface area contributed by atoms with Gasteiger partial charge in [0.05, 0.1) is 0 Å². The molecule has 0 aliphatic rings. The van der Waals surface area contributed by atoms with Crippen molar-refractivity contribution in [3.8, 4) is 11.5 Å². The van der Waals surface area contributed by atoms with Gasteiger partial charge in [-0.05, 0) is 31.2 Å². The van der Waals surface area contributed by atoms with Crippen LogP contribution in [0.5, 0.6) is 11.5 Å². The van der Waals surface area contributed by atoms with Gasteiger partial charge in [0.25, 0.3) is 0 Å². The smallest absolute Gasteiger partial charge is 0.433 e. The number of phenols is 1. The lowest BCUT2D eigenvalue weighted by atomic mass is 10.3. The Morgan fingerprint density at radius 2 is 2.14 bits per heavy atom. The second kappa shape index (κ2) is 4.86. The number of hydrogen-bond donors (Lipinski definition) is 2. The van der Waals surface area contributed by atoms with Gasteiger partial charge < -0.3 is 9.84 Å². The lowest BCUT2D eigenvalue weighted by Gasteiger charge is -2.02. The molecule has 0 aliphatic heterocycles. The Morgan fingerprint density at radius 3 is 2.71 bits per heavy atom. The minimum atomic E-state index is -0.672. The molecule has 0 saturated carbocycles. The van der Waals surface area contributed by atoms with E-state index in [0.717, 1.165) is 0 Å². The summed E-state index contributed by atoms with van der Waals surface area (Å²) in [5.74, 6) is 0.455. The fraction of sp³-hybridized carbons (Fsp3) is 0.111. The molecule has 0 aromatic heterocycles. The molecule has 0 spiro atoms. The molecule has 0 atom stereocenters. The van der Waals surface area contributed by atoms with Crippen LogP contribution in [0.4, 0.5) is 4.79 Å². The number of aromatic hydroxyl groups is 1. The van der Waals surface area contributed by atoms with Gasteiger partial charge in [-0.25, -0.2) is 10.2 Å². The Balaban J connectivity index is 2.52. The molecule has 0 saturated heterocycles. The molecule has 1 rings (SSSR count). The maximum Gasteiger partial charge on any atom is 0.433 e. The predicted octanol–water partition coefficient (Wildman–Crippen LogP) is 1.49.